The minimum absolute atomic E-state index is 0.173. The van der Waals surface area contributed by atoms with Crippen molar-refractivity contribution in [1.82, 2.24) is 20.1 Å². The van der Waals surface area contributed by atoms with Crippen molar-refractivity contribution in [2.24, 2.45) is 0 Å². The van der Waals surface area contributed by atoms with Crippen molar-refractivity contribution in [2.45, 2.75) is 25.8 Å². The van der Waals surface area contributed by atoms with Crippen LogP contribution in [0.3, 0.4) is 0 Å². The first-order valence-corrected chi connectivity index (χ1v) is 7.96. The molecule has 3 rings (SSSR count). The first-order chi connectivity index (χ1) is 10.3. The van der Waals surface area contributed by atoms with E-state index in [9.17, 15) is 4.79 Å². The molecule has 2 aliphatic heterocycles. The van der Waals surface area contributed by atoms with Gasteiger partial charge in [-0.15, -0.1) is 0 Å². The molecule has 3 heterocycles. The van der Waals surface area contributed by atoms with Crippen LogP contribution in [0.2, 0.25) is 0 Å². The number of amides is 1. The summed E-state index contributed by atoms with van der Waals surface area (Å²) in [5.74, 6) is 0.173. The lowest BCUT2D eigenvalue weighted by Gasteiger charge is -2.32. The number of piperazine rings is 1. The molecular weight excluding hydrogens is 264 g/mol. The third kappa shape index (κ3) is 3.09. The lowest BCUT2D eigenvalue weighted by molar-refractivity contribution is 0.0772. The number of aromatic nitrogens is 1. The van der Waals surface area contributed by atoms with Gasteiger partial charge in [0.25, 0.3) is 5.91 Å². The van der Waals surface area contributed by atoms with Gasteiger partial charge in [-0.05, 0) is 24.5 Å². The summed E-state index contributed by atoms with van der Waals surface area (Å²) in [7, 11) is 0. The largest absolute Gasteiger partial charge is 0.337 e. The van der Waals surface area contributed by atoms with Crippen LogP contribution in [0, 0.1) is 0 Å². The lowest BCUT2D eigenvalue weighted by Crippen LogP contribution is -2.49. The molecule has 1 amide bonds. The van der Waals surface area contributed by atoms with E-state index in [1.165, 1.54) is 0 Å². The van der Waals surface area contributed by atoms with E-state index >= 15 is 0 Å². The minimum Gasteiger partial charge on any atom is -0.337 e. The molecule has 1 aromatic rings. The zero-order chi connectivity index (χ0) is 14.7. The summed E-state index contributed by atoms with van der Waals surface area (Å²) < 4.78 is 0. The first kappa shape index (κ1) is 14.5. The van der Waals surface area contributed by atoms with Crippen LogP contribution in [-0.2, 0) is 6.42 Å². The van der Waals surface area contributed by atoms with E-state index in [1.54, 1.807) is 6.20 Å². The number of pyridine rings is 1. The number of carbonyl (C=O) groups excluding carboxylic acids is 1. The molecule has 0 aliphatic carbocycles. The van der Waals surface area contributed by atoms with Gasteiger partial charge in [-0.3, -0.25) is 14.7 Å². The fourth-order valence-corrected chi connectivity index (χ4v) is 3.36. The van der Waals surface area contributed by atoms with Crippen molar-refractivity contribution in [3.05, 3.63) is 29.6 Å². The second-order valence-corrected chi connectivity index (χ2v) is 5.87. The molecule has 1 atom stereocenters. The molecule has 1 unspecified atom stereocenters. The number of nitrogens with one attached hydrogen (secondary N) is 1. The molecule has 1 N–H and O–H groups in total. The molecule has 5 nitrogen and oxygen atoms in total. The van der Waals surface area contributed by atoms with E-state index in [0.717, 1.165) is 63.2 Å². The molecule has 2 aliphatic rings. The van der Waals surface area contributed by atoms with Crippen molar-refractivity contribution in [3.63, 3.8) is 0 Å². The van der Waals surface area contributed by atoms with Gasteiger partial charge in [-0.25, -0.2) is 0 Å². The van der Waals surface area contributed by atoms with E-state index in [0.29, 0.717) is 6.04 Å². The lowest BCUT2D eigenvalue weighted by atomic mass is 10.1. The zero-order valence-electron chi connectivity index (χ0n) is 12.7. The van der Waals surface area contributed by atoms with E-state index in [-0.39, 0.29) is 5.91 Å². The molecule has 2 saturated heterocycles. The molecule has 0 spiro atoms. The zero-order valence-corrected chi connectivity index (χ0v) is 12.7. The highest BCUT2D eigenvalue weighted by Gasteiger charge is 2.31. The fraction of sp³-hybridized carbons (Fsp3) is 0.625. The van der Waals surface area contributed by atoms with E-state index in [4.69, 9.17) is 0 Å². The molecule has 2 fully saturated rings. The Hall–Kier alpha value is -1.46. The SMILES string of the molecule is CCc1cnccc1C(=O)N1CCC(N2CCNCC2)C1. The van der Waals surface area contributed by atoms with E-state index < -0.39 is 0 Å². The average Bonchev–Trinajstić information content (AvgIpc) is 3.05. The normalized spacial score (nSPS) is 23.5. The topological polar surface area (TPSA) is 48.5 Å². The summed E-state index contributed by atoms with van der Waals surface area (Å²) in [6.45, 7) is 8.14. The maximum Gasteiger partial charge on any atom is 0.254 e. The van der Waals surface area contributed by atoms with Crippen LogP contribution in [0.15, 0.2) is 18.5 Å². The van der Waals surface area contributed by atoms with Gasteiger partial charge in [-0.2, -0.15) is 0 Å². The second-order valence-electron chi connectivity index (χ2n) is 5.87. The van der Waals surface area contributed by atoms with Crippen molar-refractivity contribution in [3.8, 4) is 0 Å². The highest BCUT2D eigenvalue weighted by atomic mass is 16.2. The predicted octanol–water partition coefficient (Wildman–Crippen LogP) is 0.764. The number of rotatable bonds is 3. The number of aryl methyl sites for hydroxylation is 1. The third-order valence-corrected chi connectivity index (χ3v) is 4.63. The molecule has 21 heavy (non-hydrogen) atoms. The smallest absolute Gasteiger partial charge is 0.254 e. The van der Waals surface area contributed by atoms with Crippen molar-refractivity contribution >= 4 is 5.91 Å². The summed E-state index contributed by atoms with van der Waals surface area (Å²) in [5.41, 5.74) is 1.88. The molecule has 5 heteroatoms. The quantitative estimate of drug-likeness (QED) is 0.892. The summed E-state index contributed by atoms with van der Waals surface area (Å²) in [5, 5.41) is 3.38. The van der Waals surface area contributed by atoms with Crippen LogP contribution in [0.4, 0.5) is 0 Å². The Bertz CT molecular complexity index is 499. The van der Waals surface area contributed by atoms with E-state index in [1.807, 2.05) is 17.2 Å². The number of hydrogen-bond donors (Lipinski definition) is 1. The maximum atomic E-state index is 12.7. The molecule has 0 radical (unpaired) electrons. The van der Waals surface area contributed by atoms with Crippen molar-refractivity contribution in [1.29, 1.82) is 0 Å². The van der Waals surface area contributed by atoms with Gasteiger partial charge in [0.05, 0.1) is 0 Å². The van der Waals surface area contributed by atoms with Gasteiger partial charge in [0.15, 0.2) is 0 Å². The minimum atomic E-state index is 0.173. The Balaban J connectivity index is 1.66. The van der Waals surface area contributed by atoms with Gasteiger partial charge in [0.1, 0.15) is 0 Å². The van der Waals surface area contributed by atoms with Crippen LogP contribution in [0.25, 0.3) is 0 Å². The van der Waals surface area contributed by atoms with Gasteiger partial charge in [-0.1, -0.05) is 6.92 Å². The van der Waals surface area contributed by atoms with E-state index in [2.05, 4.69) is 22.1 Å². The molecule has 114 valence electrons. The summed E-state index contributed by atoms with van der Waals surface area (Å²) in [4.78, 5) is 21.4. The Kier molecular flexibility index (Phi) is 4.51. The summed E-state index contributed by atoms with van der Waals surface area (Å²) in [6, 6.07) is 2.39. The van der Waals surface area contributed by atoms with Crippen LogP contribution >= 0.6 is 0 Å². The molecular formula is C16H24N4O. The second kappa shape index (κ2) is 6.54. The number of carbonyl (C=O) groups is 1. The van der Waals surface area contributed by atoms with Crippen LogP contribution in [0.1, 0.15) is 29.3 Å². The highest BCUT2D eigenvalue weighted by molar-refractivity contribution is 5.95. The maximum absolute atomic E-state index is 12.7. The number of hydrogen-bond acceptors (Lipinski definition) is 4. The summed E-state index contributed by atoms with van der Waals surface area (Å²) >= 11 is 0. The van der Waals surface area contributed by atoms with Gasteiger partial charge in [0.2, 0.25) is 0 Å². The third-order valence-electron chi connectivity index (χ3n) is 4.63. The molecule has 0 aromatic carbocycles. The van der Waals surface area contributed by atoms with Gasteiger partial charge >= 0.3 is 0 Å². The van der Waals surface area contributed by atoms with Crippen molar-refractivity contribution in [2.75, 3.05) is 39.3 Å². The van der Waals surface area contributed by atoms with Crippen LogP contribution < -0.4 is 5.32 Å². The Morgan fingerprint density at radius 2 is 2.19 bits per heavy atom. The van der Waals surface area contributed by atoms with Gasteiger partial charge < -0.3 is 10.2 Å². The number of likely N-dealkylation sites (tertiary alicyclic amines) is 1. The highest BCUT2D eigenvalue weighted by Crippen LogP contribution is 2.20. The Morgan fingerprint density at radius 1 is 1.38 bits per heavy atom. The first-order valence-electron chi connectivity index (χ1n) is 7.96. The monoisotopic (exact) mass is 288 g/mol. The molecule has 0 saturated carbocycles. The Labute approximate surface area is 126 Å². The molecule has 1 aromatic heterocycles. The van der Waals surface area contributed by atoms with Gasteiger partial charge in [0, 0.05) is 63.3 Å². The Morgan fingerprint density at radius 3 is 2.95 bits per heavy atom. The standard InChI is InChI=1S/C16H24N4O/c1-2-13-11-18-5-3-15(13)16(21)20-8-4-14(12-20)19-9-6-17-7-10-19/h3,5,11,14,17H,2,4,6-10,12H2,1H3. The van der Waals surface area contributed by atoms with Crippen LogP contribution in [0.5, 0.6) is 0 Å². The predicted molar refractivity (Wildman–Crippen MR) is 82.4 cm³/mol. The average molecular weight is 288 g/mol. The van der Waals surface area contributed by atoms with Crippen molar-refractivity contribution < 1.29 is 4.79 Å². The van der Waals surface area contributed by atoms with Crippen LogP contribution in [-0.4, -0.2) is 66.0 Å². The summed E-state index contributed by atoms with van der Waals surface area (Å²) in [6.07, 6.45) is 5.48. The number of nitrogens with zero attached hydrogens (tertiary/aromatic N) is 3. The fourth-order valence-electron chi connectivity index (χ4n) is 3.36. The molecule has 0 bridgehead atoms.